The van der Waals surface area contributed by atoms with E-state index in [1.807, 2.05) is 44.2 Å². The third-order valence-electron chi connectivity index (χ3n) is 5.29. The number of carbonyl (C=O) groups excluding carboxylic acids is 1. The lowest BCUT2D eigenvalue weighted by molar-refractivity contribution is 0.190. The highest BCUT2D eigenvalue weighted by atomic mass is 16.2. The Bertz CT molecular complexity index is 813. The van der Waals surface area contributed by atoms with Crippen molar-refractivity contribution in [3.8, 4) is 0 Å². The van der Waals surface area contributed by atoms with Gasteiger partial charge in [0.1, 0.15) is 11.6 Å². The Kier molecular flexibility index (Phi) is 5.79. The summed E-state index contributed by atoms with van der Waals surface area (Å²) in [6, 6.07) is 5.97. The topological polar surface area (TPSA) is 66.3 Å². The molecule has 1 aliphatic rings. The van der Waals surface area contributed by atoms with Crippen molar-refractivity contribution in [1.82, 2.24) is 24.6 Å². The van der Waals surface area contributed by atoms with Crippen LogP contribution in [0.2, 0.25) is 0 Å². The van der Waals surface area contributed by atoms with Gasteiger partial charge in [-0.05, 0) is 64.0 Å². The molecule has 27 heavy (non-hydrogen) atoms. The number of urea groups is 1. The van der Waals surface area contributed by atoms with Crippen LogP contribution in [0.15, 0.2) is 18.2 Å². The number of amides is 2. The maximum Gasteiger partial charge on any atom is 0.321 e. The van der Waals surface area contributed by atoms with E-state index >= 15 is 0 Å². The van der Waals surface area contributed by atoms with Crippen molar-refractivity contribution in [2.75, 3.05) is 32.5 Å². The van der Waals surface area contributed by atoms with Crippen LogP contribution >= 0.6 is 0 Å². The van der Waals surface area contributed by atoms with Crippen molar-refractivity contribution < 1.29 is 4.79 Å². The molecule has 1 fully saturated rings. The van der Waals surface area contributed by atoms with Crippen LogP contribution in [0.4, 0.5) is 10.5 Å². The molecule has 7 heteroatoms. The van der Waals surface area contributed by atoms with Gasteiger partial charge in [-0.3, -0.25) is 0 Å². The predicted molar refractivity (Wildman–Crippen MR) is 107 cm³/mol. The highest BCUT2D eigenvalue weighted by Gasteiger charge is 2.28. The summed E-state index contributed by atoms with van der Waals surface area (Å²) in [7, 11) is 6.06. The van der Waals surface area contributed by atoms with Gasteiger partial charge >= 0.3 is 6.03 Å². The van der Waals surface area contributed by atoms with Crippen LogP contribution in [0, 0.1) is 13.8 Å². The summed E-state index contributed by atoms with van der Waals surface area (Å²) in [4.78, 5) is 16.7. The van der Waals surface area contributed by atoms with Crippen LogP contribution < -0.4 is 5.32 Å². The highest BCUT2D eigenvalue weighted by Crippen LogP contribution is 2.26. The molecule has 2 heterocycles. The Labute approximate surface area is 161 Å². The summed E-state index contributed by atoms with van der Waals surface area (Å²) in [5.74, 6) is 2.14. The third kappa shape index (κ3) is 4.47. The Morgan fingerprint density at radius 2 is 2.04 bits per heavy atom. The van der Waals surface area contributed by atoms with Crippen LogP contribution in [0.1, 0.15) is 41.5 Å². The van der Waals surface area contributed by atoms with Crippen LogP contribution in [0.3, 0.4) is 0 Å². The van der Waals surface area contributed by atoms with Gasteiger partial charge in [-0.1, -0.05) is 6.07 Å². The second kappa shape index (κ2) is 8.08. The summed E-state index contributed by atoms with van der Waals surface area (Å²) in [5, 5.41) is 11.8. The number of aromatic nitrogens is 3. The number of carbonyl (C=O) groups is 1. The minimum atomic E-state index is -0.0429. The van der Waals surface area contributed by atoms with Gasteiger partial charge in [-0.25, -0.2) is 4.79 Å². The van der Waals surface area contributed by atoms with E-state index in [2.05, 4.69) is 38.8 Å². The summed E-state index contributed by atoms with van der Waals surface area (Å²) < 4.78 is 2.08. The maximum atomic E-state index is 12.7. The van der Waals surface area contributed by atoms with Gasteiger partial charge in [0, 0.05) is 31.7 Å². The van der Waals surface area contributed by atoms with Gasteiger partial charge in [-0.15, -0.1) is 10.2 Å². The second-order valence-corrected chi connectivity index (χ2v) is 7.79. The van der Waals surface area contributed by atoms with Crippen LogP contribution in [-0.4, -0.2) is 57.8 Å². The maximum absolute atomic E-state index is 12.7. The zero-order valence-electron chi connectivity index (χ0n) is 17.0. The molecule has 0 spiro atoms. The SMILES string of the molecule is Cc1ccc(NC(=O)N2CCCC(c3nnc(CN(C)C)n3C)C2)cc1C. The van der Waals surface area contributed by atoms with Crippen molar-refractivity contribution in [2.24, 2.45) is 7.05 Å². The number of nitrogens with zero attached hydrogens (tertiary/aromatic N) is 5. The normalized spacial score (nSPS) is 17.4. The molecule has 146 valence electrons. The number of benzene rings is 1. The lowest BCUT2D eigenvalue weighted by Gasteiger charge is -2.32. The van der Waals surface area contributed by atoms with Crippen LogP contribution in [0.25, 0.3) is 0 Å². The molecule has 0 bridgehead atoms. The van der Waals surface area contributed by atoms with Gasteiger partial charge in [0.25, 0.3) is 0 Å². The first-order valence-corrected chi connectivity index (χ1v) is 9.51. The van der Waals surface area contributed by atoms with E-state index in [-0.39, 0.29) is 11.9 Å². The molecular formula is C20H30N6O. The fourth-order valence-corrected chi connectivity index (χ4v) is 3.55. The average Bonchev–Trinajstić information content (AvgIpc) is 2.98. The molecule has 1 saturated heterocycles. The smallest absolute Gasteiger partial charge is 0.321 e. The highest BCUT2D eigenvalue weighted by molar-refractivity contribution is 5.89. The van der Waals surface area contributed by atoms with E-state index in [0.29, 0.717) is 6.54 Å². The number of aryl methyl sites for hydroxylation is 2. The minimum absolute atomic E-state index is 0.0429. The number of rotatable bonds is 4. The lowest BCUT2D eigenvalue weighted by Crippen LogP contribution is -2.42. The van der Waals surface area contributed by atoms with E-state index in [1.54, 1.807) is 0 Å². The zero-order valence-corrected chi connectivity index (χ0v) is 17.0. The van der Waals surface area contributed by atoms with Gasteiger partial charge in [0.15, 0.2) is 0 Å². The number of nitrogens with one attached hydrogen (secondary N) is 1. The first-order chi connectivity index (χ1) is 12.8. The quantitative estimate of drug-likeness (QED) is 0.899. The largest absolute Gasteiger partial charge is 0.324 e. The molecule has 1 aliphatic heterocycles. The number of anilines is 1. The number of hydrogen-bond donors (Lipinski definition) is 1. The Hall–Kier alpha value is -2.41. The molecule has 1 unspecified atom stereocenters. The molecule has 7 nitrogen and oxygen atoms in total. The lowest BCUT2D eigenvalue weighted by atomic mass is 9.97. The fraction of sp³-hybridized carbons (Fsp3) is 0.550. The van der Waals surface area contributed by atoms with Crippen molar-refractivity contribution in [3.63, 3.8) is 0 Å². The predicted octanol–water partition coefficient (Wildman–Crippen LogP) is 2.91. The number of likely N-dealkylation sites (tertiary alicyclic amines) is 1. The summed E-state index contributed by atoms with van der Waals surface area (Å²) in [6.07, 6.45) is 2.00. The molecule has 2 aromatic rings. The second-order valence-electron chi connectivity index (χ2n) is 7.79. The Balaban J connectivity index is 1.67. The Morgan fingerprint density at radius 1 is 1.26 bits per heavy atom. The van der Waals surface area contributed by atoms with E-state index in [9.17, 15) is 4.79 Å². The van der Waals surface area contributed by atoms with Crippen LogP contribution in [-0.2, 0) is 13.6 Å². The molecule has 1 N–H and O–H groups in total. The van der Waals surface area contributed by atoms with E-state index < -0.39 is 0 Å². The van der Waals surface area contributed by atoms with E-state index in [1.165, 1.54) is 11.1 Å². The third-order valence-corrected chi connectivity index (χ3v) is 5.29. The minimum Gasteiger partial charge on any atom is -0.324 e. The molecule has 1 aromatic carbocycles. The number of hydrogen-bond acceptors (Lipinski definition) is 4. The van der Waals surface area contributed by atoms with Gasteiger partial charge in [0.2, 0.25) is 0 Å². The Morgan fingerprint density at radius 3 is 2.74 bits per heavy atom. The van der Waals surface area contributed by atoms with Crippen molar-refractivity contribution in [2.45, 2.75) is 39.2 Å². The molecular weight excluding hydrogens is 340 g/mol. The zero-order chi connectivity index (χ0) is 19.6. The van der Waals surface area contributed by atoms with E-state index in [0.717, 1.165) is 43.3 Å². The molecule has 1 atom stereocenters. The molecule has 0 aliphatic carbocycles. The molecule has 0 saturated carbocycles. The summed E-state index contributed by atoms with van der Waals surface area (Å²) >= 11 is 0. The number of piperidine rings is 1. The van der Waals surface area contributed by atoms with Crippen LogP contribution in [0.5, 0.6) is 0 Å². The molecule has 1 aromatic heterocycles. The first kappa shape index (κ1) is 19.4. The molecule has 2 amide bonds. The fourth-order valence-electron chi connectivity index (χ4n) is 3.55. The first-order valence-electron chi connectivity index (χ1n) is 9.51. The molecule has 3 rings (SSSR count). The summed E-state index contributed by atoms with van der Waals surface area (Å²) in [5.41, 5.74) is 3.25. The summed E-state index contributed by atoms with van der Waals surface area (Å²) in [6.45, 7) is 6.33. The van der Waals surface area contributed by atoms with Crippen molar-refractivity contribution >= 4 is 11.7 Å². The standard InChI is InChI=1S/C20H30N6O/c1-14-8-9-17(11-15(14)2)21-20(27)26-10-6-7-16(12-26)19-23-22-18(25(19)5)13-24(3)4/h8-9,11,16H,6-7,10,12-13H2,1-5H3,(H,21,27). The average molecular weight is 371 g/mol. The van der Waals surface area contributed by atoms with E-state index in [4.69, 9.17) is 0 Å². The van der Waals surface area contributed by atoms with Crippen molar-refractivity contribution in [3.05, 3.63) is 41.0 Å². The molecule has 0 radical (unpaired) electrons. The van der Waals surface area contributed by atoms with Gasteiger partial charge in [0.05, 0.1) is 6.54 Å². The van der Waals surface area contributed by atoms with Gasteiger partial charge in [-0.2, -0.15) is 0 Å². The monoisotopic (exact) mass is 370 g/mol. The van der Waals surface area contributed by atoms with Gasteiger partial charge < -0.3 is 19.7 Å². The van der Waals surface area contributed by atoms with Crippen molar-refractivity contribution in [1.29, 1.82) is 0 Å².